The van der Waals surface area contributed by atoms with E-state index in [4.69, 9.17) is 18.5 Å². The molecule has 2 fully saturated rings. The monoisotopic (exact) mass is 806 g/mol. The molecule has 2 aromatic heterocycles. The normalized spacial score (nSPS) is 28.1. The van der Waals surface area contributed by atoms with Gasteiger partial charge >= 0.3 is 27.0 Å². The van der Waals surface area contributed by atoms with Crippen LogP contribution in [0, 0.1) is 0 Å². The fourth-order valence-corrected chi connectivity index (χ4v) is 7.05. The summed E-state index contributed by atoms with van der Waals surface area (Å²) in [7, 11) is -10.7. The second kappa shape index (κ2) is 14.8. The van der Waals surface area contributed by atoms with Gasteiger partial charge in [-0.2, -0.15) is 4.31 Å². The Bertz CT molecular complexity index is 1660. The van der Waals surface area contributed by atoms with Gasteiger partial charge in [-0.1, -0.05) is 31.9 Å². The van der Waals surface area contributed by atoms with Gasteiger partial charge < -0.3 is 29.5 Å². The van der Waals surface area contributed by atoms with Crippen molar-refractivity contribution in [1.82, 2.24) is 19.1 Å². The molecule has 6 N–H and O–H groups in total. The maximum Gasteiger partial charge on any atom is 0.481 e. The largest absolute Gasteiger partial charge is 0.481 e. The van der Waals surface area contributed by atoms with Crippen LogP contribution < -0.4 is 22.5 Å². The number of aromatic nitrogens is 4. The average Bonchev–Trinajstić information content (AvgIpc) is 3.50. The Balaban J connectivity index is 1.32. The Morgan fingerprint density at radius 3 is 1.53 bits per heavy atom. The molecule has 0 saturated carbocycles. The fraction of sp³-hybridized carbons (Fsp3) is 0.455. The van der Waals surface area contributed by atoms with Crippen molar-refractivity contribution in [2.24, 2.45) is 0 Å². The number of rotatable bonds is 12. The number of phosphoric acid groups is 2. The van der Waals surface area contributed by atoms with Gasteiger partial charge in [0.1, 0.15) is 24.7 Å². The average molecular weight is 808 g/mol. The van der Waals surface area contributed by atoms with Crippen LogP contribution in [0.25, 0.3) is 12.2 Å². The topological polar surface area (TPSA) is 271 Å². The van der Waals surface area contributed by atoms with Crippen molar-refractivity contribution in [3.63, 3.8) is 0 Å². The van der Waals surface area contributed by atoms with Crippen molar-refractivity contribution in [1.29, 1.82) is 0 Å². The van der Waals surface area contributed by atoms with E-state index in [1.165, 1.54) is 34.5 Å². The van der Waals surface area contributed by atoms with Gasteiger partial charge in [0.2, 0.25) is 0 Å². The number of nitrogens with zero attached hydrogens (tertiary/aromatic N) is 2. The summed E-state index contributed by atoms with van der Waals surface area (Å²) in [5, 5.41) is 20.7. The summed E-state index contributed by atoms with van der Waals surface area (Å²) in [6, 6.07) is 0. The van der Waals surface area contributed by atoms with E-state index in [2.05, 4.69) is 46.1 Å². The molecule has 0 radical (unpaired) electrons. The van der Waals surface area contributed by atoms with Gasteiger partial charge in [0.15, 0.2) is 0 Å². The number of aromatic amines is 2. The lowest BCUT2D eigenvalue weighted by molar-refractivity contribution is -0.0487. The molecule has 19 nitrogen and oxygen atoms in total. The number of H-pyrrole nitrogens is 2. The molecule has 0 aliphatic carbocycles. The molecule has 0 aromatic carbocycles. The first-order valence-electron chi connectivity index (χ1n) is 12.7. The number of nitrogens with one attached hydrogen (secondary N) is 2. The minimum Gasteiger partial charge on any atom is -0.390 e. The Hall–Kier alpha value is -2.10. The number of hydrogen-bond acceptors (Lipinski definition) is 13. The maximum atomic E-state index is 12.4. The van der Waals surface area contributed by atoms with Crippen LogP contribution in [-0.2, 0) is 32.0 Å². The van der Waals surface area contributed by atoms with Gasteiger partial charge in [0, 0.05) is 25.2 Å². The van der Waals surface area contributed by atoms with Crippen LogP contribution in [0.1, 0.15) is 36.4 Å². The summed E-state index contributed by atoms with van der Waals surface area (Å²) in [5.74, 6) is 0. The lowest BCUT2D eigenvalue weighted by atomic mass is 10.2. The van der Waals surface area contributed by atoms with Crippen molar-refractivity contribution in [2.45, 2.75) is 49.7 Å². The van der Waals surface area contributed by atoms with Crippen LogP contribution in [-0.4, -0.2) is 76.7 Å². The lowest BCUT2D eigenvalue weighted by Crippen LogP contribution is -2.33. The third-order valence-electron chi connectivity index (χ3n) is 6.51. The summed E-state index contributed by atoms with van der Waals surface area (Å²) in [5.41, 5.74) is -2.85. The number of halogens is 2. The Kier molecular flexibility index (Phi) is 11.7. The SMILES string of the molecule is O=c1[nH]c(=O)n([C@@H]2C[C@@H](O)[C@H](COP(=O)(O)OP(=O)(O)OC[C@H]3O[C@@H](n4cc(/C=C/Br)c(=O)[nH]c4=O)C[C@@H]3O)O2)cc1/C=C/Br. The summed E-state index contributed by atoms with van der Waals surface area (Å²) in [6.45, 7) is -1.66. The molecule has 45 heavy (non-hydrogen) atoms. The predicted octanol–water partition coefficient (Wildman–Crippen LogP) is 0.365. The fourth-order valence-electron chi connectivity index (χ4n) is 4.39. The first-order valence-corrected chi connectivity index (χ1v) is 17.5. The Labute approximate surface area is 268 Å². The molecule has 0 bridgehead atoms. The molecule has 2 unspecified atom stereocenters. The van der Waals surface area contributed by atoms with E-state index in [9.17, 15) is 48.3 Å². The molecule has 23 heteroatoms. The molecule has 4 rings (SSSR count). The van der Waals surface area contributed by atoms with Crippen LogP contribution >= 0.6 is 47.5 Å². The zero-order valence-corrected chi connectivity index (χ0v) is 27.5. The smallest absolute Gasteiger partial charge is 0.390 e. The zero-order chi connectivity index (χ0) is 33.1. The summed E-state index contributed by atoms with van der Waals surface area (Å²) in [6.07, 6.45) is -2.72. The van der Waals surface area contributed by atoms with Gasteiger partial charge in [0.25, 0.3) is 11.1 Å². The van der Waals surface area contributed by atoms with E-state index in [0.29, 0.717) is 0 Å². The molecule has 4 heterocycles. The third kappa shape index (κ3) is 9.04. The van der Waals surface area contributed by atoms with Crippen LogP contribution in [0.5, 0.6) is 0 Å². The van der Waals surface area contributed by atoms with Gasteiger partial charge in [0.05, 0.1) is 36.5 Å². The van der Waals surface area contributed by atoms with E-state index in [1.807, 2.05) is 0 Å². The van der Waals surface area contributed by atoms with E-state index in [-0.39, 0.29) is 24.0 Å². The molecule has 2 aliphatic heterocycles. The van der Waals surface area contributed by atoms with Crippen molar-refractivity contribution >= 4 is 59.7 Å². The Morgan fingerprint density at radius 1 is 0.800 bits per heavy atom. The van der Waals surface area contributed by atoms with Gasteiger partial charge in [-0.15, -0.1) is 0 Å². The highest BCUT2D eigenvalue weighted by atomic mass is 79.9. The number of aliphatic hydroxyl groups is 2. The van der Waals surface area contributed by atoms with Crippen LogP contribution in [0.4, 0.5) is 0 Å². The quantitative estimate of drug-likeness (QED) is 0.158. The number of hydrogen-bond donors (Lipinski definition) is 6. The summed E-state index contributed by atoms with van der Waals surface area (Å²) < 4.78 is 51.6. The van der Waals surface area contributed by atoms with Crippen LogP contribution in [0.2, 0.25) is 0 Å². The molecule has 2 aliphatic rings. The van der Waals surface area contributed by atoms with Crippen molar-refractivity contribution < 1.29 is 52.0 Å². The first kappa shape index (κ1) is 35.7. The van der Waals surface area contributed by atoms with E-state index >= 15 is 0 Å². The van der Waals surface area contributed by atoms with Gasteiger partial charge in [-0.3, -0.25) is 37.7 Å². The second-order valence-electron chi connectivity index (χ2n) is 9.56. The van der Waals surface area contributed by atoms with E-state index in [1.54, 1.807) is 0 Å². The van der Waals surface area contributed by atoms with Crippen LogP contribution in [0.3, 0.4) is 0 Å². The van der Waals surface area contributed by atoms with Crippen LogP contribution in [0.15, 0.2) is 41.5 Å². The van der Waals surface area contributed by atoms with E-state index in [0.717, 1.165) is 9.13 Å². The molecular weight excluding hydrogens is 782 g/mol. The van der Waals surface area contributed by atoms with Crippen molar-refractivity contribution in [3.8, 4) is 0 Å². The number of phosphoric ester groups is 2. The highest BCUT2D eigenvalue weighted by Crippen LogP contribution is 2.60. The highest BCUT2D eigenvalue weighted by Gasteiger charge is 2.42. The van der Waals surface area contributed by atoms with Gasteiger partial charge in [-0.25, -0.2) is 18.7 Å². The highest BCUT2D eigenvalue weighted by molar-refractivity contribution is 9.11. The zero-order valence-electron chi connectivity index (χ0n) is 22.6. The molecule has 2 aromatic rings. The third-order valence-corrected chi connectivity index (χ3v) is 9.65. The predicted molar refractivity (Wildman–Crippen MR) is 160 cm³/mol. The maximum absolute atomic E-state index is 12.4. The minimum absolute atomic E-state index is 0.0875. The molecule has 0 amide bonds. The van der Waals surface area contributed by atoms with Crippen molar-refractivity contribution in [2.75, 3.05) is 13.2 Å². The second-order valence-corrected chi connectivity index (χ2v) is 13.7. The van der Waals surface area contributed by atoms with E-state index < -0.39 is 88.2 Å². The van der Waals surface area contributed by atoms with Crippen molar-refractivity contribution in [3.05, 3.63) is 75.2 Å². The molecular formula is C22H26Br2N4O15P2. The van der Waals surface area contributed by atoms with Gasteiger partial charge in [-0.05, 0) is 22.1 Å². The number of ether oxygens (including phenoxy) is 2. The molecule has 0 spiro atoms. The standard InChI is InChI=1S/C22H26Br2N4O15P2/c23-3-1-11-7-27(21(33)25-19(11)31)17-5-13(29)15(41-17)9-39-44(35,36)43-45(37,38)40-10-16-14(30)6-18(42-16)28-8-12(2-4-24)20(32)26-22(28)34/h1-4,7-8,13-18,29-30H,5-6,9-10H2,(H,35,36)(H,37,38)(H,25,31,33)(H,26,32,34)/b3-1+,4-2+/t13-,14+,15+,16-,17+,18-. The molecule has 8 atom stereocenters. The summed E-state index contributed by atoms with van der Waals surface area (Å²) in [4.78, 5) is 75.2. The minimum atomic E-state index is -5.33. The first-order chi connectivity index (χ1) is 21.1. The molecule has 248 valence electrons. The molecule has 2 saturated heterocycles. The number of aliphatic hydroxyl groups excluding tert-OH is 2. The summed E-state index contributed by atoms with van der Waals surface area (Å²) >= 11 is 6.04. The lowest BCUT2D eigenvalue weighted by Gasteiger charge is -2.21. The Morgan fingerprint density at radius 2 is 1.18 bits per heavy atom.